The summed E-state index contributed by atoms with van der Waals surface area (Å²) >= 11 is 19.2. The van der Waals surface area contributed by atoms with Crippen molar-refractivity contribution >= 4 is 72.1 Å². The Bertz CT molecular complexity index is 1870. The fourth-order valence-electron chi connectivity index (χ4n) is 5.74. The lowest BCUT2D eigenvalue weighted by atomic mass is 10.0. The zero-order valence-electron chi connectivity index (χ0n) is 29.3. The molecule has 0 unspecified atom stereocenters. The fourth-order valence-corrected chi connectivity index (χ4v) is 8.58. The van der Waals surface area contributed by atoms with Crippen molar-refractivity contribution in [3.63, 3.8) is 0 Å². The number of carbonyl (C=O) groups excluding carboxylic acids is 1. The molecule has 50 heavy (non-hydrogen) atoms. The third-order valence-electron chi connectivity index (χ3n) is 8.56. The van der Waals surface area contributed by atoms with Crippen LogP contribution in [0, 0.1) is 0 Å². The Kier molecular flexibility index (Phi) is 16.4. The predicted molar refractivity (Wildman–Crippen MR) is 204 cm³/mol. The van der Waals surface area contributed by atoms with Gasteiger partial charge in [-0.1, -0.05) is 125 Å². The number of sulfone groups is 1. The minimum atomic E-state index is -3.88. The van der Waals surface area contributed by atoms with Crippen LogP contribution in [0.25, 0.3) is 5.69 Å². The highest BCUT2D eigenvalue weighted by Crippen LogP contribution is 2.34. The number of hydrogen-bond donors (Lipinski definition) is 1. The van der Waals surface area contributed by atoms with E-state index < -0.39 is 31.3 Å². The number of halogens is 3. The second-order valence-corrected chi connectivity index (χ2v) is 18.0. The van der Waals surface area contributed by atoms with Crippen molar-refractivity contribution in [3.8, 4) is 5.69 Å². The van der Waals surface area contributed by atoms with Crippen LogP contribution < -0.4 is 10.9 Å². The summed E-state index contributed by atoms with van der Waals surface area (Å²) in [5, 5.41) is 2.68. The van der Waals surface area contributed by atoms with Gasteiger partial charge in [0.15, 0.2) is 9.84 Å². The lowest BCUT2D eigenvalue weighted by Crippen LogP contribution is -2.28. The first-order valence-corrected chi connectivity index (χ1v) is 21.6. The molecule has 0 bridgehead atoms. The smallest absolute Gasteiger partial charge is 0.274 e. The van der Waals surface area contributed by atoms with Crippen LogP contribution in [0.2, 0.25) is 15.1 Å². The molecule has 278 valence electrons. The number of nitrogens with one attached hydrogen (secondary N) is 1. The van der Waals surface area contributed by atoms with Crippen LogP contribution in [0.15, 0.2) is 51.0 Å². The largest absolute Gasteiger partial charge is 0.339 e. The van der Waals surface area contributed by atoms with Crippen molar-refractivity contribution < 1.29 is 21.6 Å². The summed E-state index contributed by atoms with van der Waals surface area (Å²) < 4.78 is 54.2. The summed E-state index contributed by atoms with van der Waals surface area (Å²) in [6, 6.07) is 7.52. The first-order valence-electron chi connectivity index (χ1n) is 17.2. The molecule has 0 saturated heterocycles. The molecule has 0 fully saturated rings. The minimum absolute atomic E-state index is 0.0177. The number of sulfonamides is 1. The quantitative estimate of drug-likeness (QED) is 0.107. The lowest BCUT2D eigenvalue weighted by molar-refractivity contribution is 0.0914. The Morgan fingerprint density at radius 1 is 0.740 bits per heavy atom. The average molecular weight is 792 g/mol. The minimum Gasteiger partial charge on any atom is -0.339 e. The van der Waals surface area contributed by atoms with Crippen LogP contribution in [-0.2, 0) is 19.9 Å². The van der Waals surface area contributed by atoms with Crippen molar-refractivity contribution in [2.75, 3.05) is 25.2 Å². The maximum Gasteiger partial charge on any atom is 0.274 e. The van der Waals surface area contributed by atoms with Crippen molar-refractivity contribution in [1.29, 1.82) is 0 Å². The number of aromatic nitrogens is 2. The van der Waals surface area contributed by atoms with E-state index in [9.17, 15) is 26.4 Å². The lowest BCUT2D eigenvalue weighted by Gasteiger charge is -2.19. The maximum absolute atomic E-state index is 13.5. The van der Waals surface area contributed by atoms with Crippen LogP contribution in [0.5, 0.6) is 0 Å². The van der Waals surface area contributed by atoms with Gasteiger partial charge in [0.05, 0.1) is 30.5 Å². The molecule has 15 heteroatoms. The van der Waals surface area contributed by atoms with E-state index in [4.69, 9.17) is 34.8 Å². The molecule has 0 aliphatic heterocycles. The second kappa shape index (κ2) is 19.5. The Balaban J connectivity index is 1.64. The highest BCUT2D eigenvalue weighted by Gasteiger charge is 2.25. The van der Waals surface area contributed by atoms with Gasteiger partial charge in [-0.25, -0.2) is 25.8 Å². The Morgan fingerprint density at radius 2 is 1.24 bits per heavy atom. The van der Waals surface area contributed by atoms with Gasteiger partial charge in [-0.15, -0.1) is 0 Å². The Morgan fingerprint density at radius 3 is 1.72 bits per heavy atom. The molecule has 1 heterocycles. The number of anilines is 2. The molecule has 1 aromatic heterocycles. The summed E-state index contributed by atoms with van der Waals surface area (Å²) in [4.78, 5) is 25.8. The maximum atomic E-state index is 13.5. The van der Waals surface area contributed by atoms with Crippen molar-refractivity contribution in [2.24, 2.45) is 0 Å². The number of hydrogen-bond acceptors (Lipinski definition) is 7. The SMILES string of the molecule is CCCCCCCCCCCCCCCCN(C)S(=O)(=O)c1ccc(Cl)c(Nc2cc(=O)n(-c3c(Cl)cc(S(C)(=O)=O)cc3Cl)n2C(C)=O)c1. The molecular weight excluding hydrogens is 743 g/mol. The number of benzene rings is 2. The van der Waals surface area contributed by atoms with E-state index in [2.05, 4.69) is 12.2 Å². The molecule has 2 aromatic carbocycles. The van der Waals surface area contributed by atoms with Gasteiger partial charge in [0.25, 0.3) is 5.56 Å². The van der Waals surface area contributed by atoms with E-state index in [0.717, 1.165) is 59.5 Å². The zero-order valence-corrected chi connectivity index (χ0v) is 33.2. The van der Waals surface area contributed by atoms with Gasteiger partial charge in [0.1, 0.15) is 11.5 Å². The molecule has 0 atom stereocenters. The summed E-state index contributed by atoms with van der Waals surface area (Å²) in [6.07, 6.45) is 18.0. The normalized spacial score (nSPS) is 12.2. The Labute approximate surface area is 312 Å². The molecule has 0 radical (unpaired) electrons. The van der Waals surface area contributed by atoms with E-state index >= 15 is 0 Å². The van der Waals surface area contributed by atoms with Crippen molar-refractivity contribution in [1.82, 2.24) is 13.7 Å². The number of carbonyl (C=O) groups is 1. The number of rotatable bonds is 21. The molecule has 10 nitrogen and oxygen atoms in total. The zero-order chi connectivity index (χ0) is 37.1. The topological polar surface area (TPSA) is 128 Å². The van der Waals surface area contributed by atoms with Gasteiger partial charge in [-0.2, -0.15) is 4.68 Å². The summed E-state index contributed by atoms with van der Waals surface area (Å²) in [5.74, 6) is -0.671. The molecular formula is C35H49Cl3N4O6S2. The van der Waals surface area contributed by atoms with E-state index in [1.165, 1.54) is 101 Å². The van der Waals surface area contributed by atoms with Crippen LogP contribution in [0.3, 0.4) is 0 Å². The Hall–Kier alpha value is -2.35. The van der Waals surface area contributed by atoms with Gasteiger partial charge < -0.3 is 5.32 Å². The molecule has 3 rings (SSSR count). The second-order valence-electron chi connectivity index (χ2n) is 12.7. The van der Waals surface area contributed by atoms with E-state index in [0.29, 0.717) is 6.54 Å². The van der Waals surface area contributed by atoms with Crippen LogP contribution in [0.1, 0.15) is 109 Å². The fraction of sp³-hybridized carbons (Fsp3) is 0.543. The standard InChI is InChI=1S/C35H49Cl3N4O6S2/c1-5-6-7-8-9-10-11-12-13-14-15-16-17-18-21-40(3)50(47,48)27-19-20-29(36)32(24-27)39-33-25-34(44)42(41(33)26(2)43)35-30(37)22-28(23-31(35)38)49(4,45)46/h19-20,22-25,39H,5-18,21H2,1-4H3. The average Bonchev–Trinajstić information content (AvgIpc) is 3.36. The molecule has 0 spiro atoms. The van der Waals surface area contributed by atoms with Gasteiger partial charge in [-0.3, -0.25) is 9.59 Å². The van der Waals surface area contributed by atoms with Gasteiger partial charge in [0, 0.05) is 32.8 Å². The first-order chi connectivity index (χ1) is 23.6. The predicted octanol–water partition coefficient (Wildman–Crippen LogP) is 9.51. The van der Waals surface area contributed by atoms with Crippen LogP contribution in [0.4, 0.5) is 11.5 Å². The molecule has 3 aromatic rings. The number of nitrogens with zero attached hydrogens (tertiary/aromatic N) is 3. The third-order valence-corrected chi connectivity index (χ3v) is 12.4. The van der Waals surface area contributed by atoms with Crippen LogP contribution >= 0.6 is 34.8 Å². The summed E-state index contributed by atoms with van der Waals surface area (Å²) in [5.41, 5.74) is -0.692. The first kappa shape index (κ1) is 42.1. The third kappa shape index (κ3) is 11.6. The highest BCUT2D eigenvalue weighted by atomic mass is 35.5. The highest BCUT2D eigenvalue weighted by molar-refractivity contribution is 7.90. The van der Waals surface area contributed by atoms with E-state index in [1.807, 2.05) is 0 Å². The van der Waals surface area contributed by atoms with Crippen LogP contribution in [-0.4, -0.2) is 56.3 Å². The molecule has 0 amide bonds. The number of unbranched alkanes of at least 4 members (excludes halogenated alkanes) is 13. The van der Waals surface area contributed by atoms with Gasteiger partial charge in [0.2, 0.25) is 15.9 Å². The summed E-state index contributed by atoms with van der Waals surface area (Å²) in [7, 11) is -6.01. The molecule has 0 aliphatic carbocycles. The molecule has 1 N–H and O–H groups in total. The summed E-state index contributed by atoms with van der Waals surface area (Å²) in [6.45, 7) is 3.80. The van der Waals surface area contributed by atoms with E-state index in [1.54, 1.807) is 0 Å². The molecule has 0 aliphatic rings. The molecule has 0 saturated carbocycles. The van der Waals surface area contributed by atoms with E-state index in [-0.39, 0.29) is 42.1 Å². The van der Waals surface area contributed by atoms with Crippen molar-refractivity contribution in [3.05, 3.63) is 61.8 Å². The van der Waals surface area contributed by atoms with Gasteiger partial charge in [-0.05, 0) is 36.8 Å². The van der Waals surface area contributed by atoms with Gasteiger partial charge >= 0.3 is 0 Å². The monoisotopic (exact) mass is 790 g/mol. The van der Waals surface area contributed by atoms with Crippen molar-refractivity contribution in [2.45, 2.75) is 114 Å².